The van der Waals surface area contributed by atoms with Gasteiger partial charge in [0, 0.05) is 11.9 Å². The van der Waals surface area contributed by atoms with E-state index in [9.17, 15) is 4.79 Å². The van der Waals surface area contributed by atoms with Gasteiger partial charge in [-0.15, -0.1) is 0 Å². The Morgan fingerprint density at radius 3 is 2.76 bits per heavy atom. The topological polar surface area (TPSA) is 63.0 Å². The number of aryl methyl sites for hydroxylation is 2. The molecule has 0 fully saturated rings. The molecule has 2 heterocycles. The highest BCUT2D eigenvalue weighted by Gasteiger charge is 2.11. The molecule has 25 heavy (non-hydrogen) atoms. The largest absolute Gasteiger partial charge is 0.295 e. The van der Waals surface area contributed by atoms with Crippen LogP contribution >= 0.6 is 11.3 Å². The van der Waals surface area contributed by atoms with Gasteiger partial charge in [-0.2, -0.15) is 0 Å². The van der Waals surface area contributed by atoms with Crippen LogP contribution in [0.25, 0.3) is 15.9 Å². The van der Waals surface area contributed by atoms with E-state index in [4.69, 9.17) is 0 Å². The van der Waals surface area contributed by atoms with Crippen molar-refractivity contribution in [2.45, 2.75) is 13.8 Å². The molecule has 0 aliphatic heterocycles. The van der Waals surface area contributed by atoms with Crippen molar-refractivity contribution in [3.8, 4) is 5.69 Å². The lowest BCUT2D eigenvalue weighted by Crippen LogP contribution is -2.17. The zero-order valence-electron chi connectivity index (χ0n) is 13.9. The van der Waals surface area contributed by atoms with E-state index in [0.29, 0.717) is 10.7 Å². The Balaban J connectivity index is 1.71. The van der Waals surface area contributed by atoms with E-state index in [2.05, 4.69) is 28.1 Å². The minimum absolute atomic E-state index is 0.121. The summed E-state index contributed by atoms with van der Waals surface area (Å²) in [6, 6.07) is 15.6. The Morgan fingerprint density at radius 1 is 1.16 bits per heavy atom. The molecule has 4 rings (SSSR count). The summed E-state index contributed by atoms with van der Waals surface area (Å²) >= 11 is 1.52. The molecule has 1 N–H and O–H groups in total. The number of H-pyrrole nitrogens is 1. The summed E-state index contributed by atoms with van der Waals surface area (Å²) in [5.74, 6) is 0. The van der Waals surface area contributed by atoms with Gasteiger partial charge >= 0.3 is 0 Å². The maximum Gasteiger partial charge on any atom is 0.280 e. The Bertz CT molecular complexity index is 1140. The number of fused-ring (bicyclic) bond motifs is 1. The molecule has 6 heteroatoms. The number of rotatable bonds is 3. The predicted molar refractivity (Wildman–Crippen MR) is 103 cm³/mol. The fraction of sp³-hybridized carbons (Fsp3) is 0.105. The molecule has 0 saturated heterocycles. The van der Waals surface area contributed by atoms with Crippen molar-refractivity contribution in [1.82, 2.24) is 14.8 Å². The lowest BCUT2D eigenvalue weighted by molar-refractivity contribution is 0.835. The van der Waals surface area contributed by atoms with Crippen LogP contribution in [0.15, 0.2) is 58.3 Å². The van der Waals surface area contributed by atoms with Crippen molar-refractivity contribution in [3.63, 3.8) is 0 Å². The molecule has 0 spiro atoms. The fourth-order valence-corrected chi connectivity index (χ4v) is 3.57. The molecule has 0 radical (unpaired) electrons. The number of hydrogen-bond acceptors (Lipinski definition) is 4. The van der Waals surface area contributed by atoms with Crippen molar-refractivity contribution in [2.75, 3.05) is 0 Å². The first-order valence-electron chi connectivity index (χ1n) is 7.90. The van der Waals surface area contributed by atoms with Crippen molar-refractivity contribution in [3.05, 3.63) is 75.7 Å². The molecule has 0 atom stereocenters. The van der Waals surface area contributed by atoms with Crippen molar-refractivity contribution in [2.24, 2.45) is 4.99 Å². The van der Waals surface area contributed by atoms with E-state index >= 15 is 0 Å². The second kappa shape index (κ2) is 6.14. The fourth-order valence-electron chi connectivity index (χ4n) is 2.67. The number of aliphatic imine (C=N–C) groups is 1. The first kappa shape index (κ1) is 15.5. The van der Waals surface area contributed by atoms with Gasteiger partial charge in [-0.3, -0.25) is 9.89 Å². The first-order valence-corrected chi connectivity index (χ1v) is 8.72. The van der Waals surface area contributed by atoms with E-state index in [-0.39, 0.29) is 5.56 Å². The molecule has 2 aromatic heterocycles. The minimum atomic E-state index is -0.121. The molecule has 0 unspecified atom stereocenters. The van der Waals surface area contributed by atoms with E-state index < -0.39 is 0 Å². The highest BCUT2D eigenvalue weighted by molar-refractivity contribution is 7.22. The molecule has 4 aromatic rings. The van der Waals surface area contributed by atoms with Gasteiger partial charge in [0.05, 0.1) is 21.5 Å². The number of thiazole rings is 1. The average Bonchev–Trinajstić information content (AvgIpc) is 3.14. The zero-order chi connectivity index (χ0) is 17.4. The lowest BCUT2D eigenvalue weighted by Gasteiger charge is -1.99. The second-order valence-corrected chi connectivity index (χ2v) is 6.86. The molecule has 0 saturated carbocycles. The summed E-state index contributed by atoms with van der Waals surface area (Å²) < 4.78 is 2.62. The van der Waals surface area contributed by atoms with E-state index in [1.807, 2.05) is 49.4 Å². The van der Waals surface area contributed by atoms with Gasteiger partial charge in [0.1, 0.15) is 0 Å². The highest BCUT2D eigenvalue weighted by Crippen LogP contribution is 2.28. The van der Waals surface area contributed by atoms with Crippen LogP contribution in [0.2, 0.25) is 0 Å². The summed E-state index contributed by atoms with van der Waals surface area (Å²) in [7, 11) is 0. The Morgan fingerprint density at radius 2 is 1.96 bits per heavy atom. The maximum absolute atomic E-state index is 12.7. The van der Waals surface area contributed by atoms with E-state index in [1.165, 1.54) is 21.6 Å². The quantitative estimate of drug-likeness (QED) is 0.566. The molecule has 0 aliphatic rings. The van der Waals surface area contributed by atoms with E-state index in [1.54, 1.807) is 6.21 Å². The van der Waals surface area contributed by atoms with Crippen LogP contribution in [0.5, 0.6) is 0 Å². The van der Waals surface area contributed by atoms with Gasteiger partial charge in [0.2, 0.25) is 5.13 Å². The highest BCUT2D eigenvalue weighted by atomic mass is 32.1. The van der Waals surface area contributed by atoms with Crippen LogP contribution in [-0.2, 0) is 0 Å². The molecular weight excluding hydrogens is 332 g/mol. The normalized spacial score (nSPS) is 11.6. The van der Waals surface area contributed by atoms with Crippen LogP contribution in [0.4, 0.5) is 5.13 Å². The number of nitrogens with one attached hydrogen (secondary N) is 1. The third kappa shape index (κ3) is 2.92. The van der Waals surface area contributed by atoms with Crippen LogP contribution in [-0.4, -0.2) is 21.0 Å². The maximum atomic E-state index is 12.7. The minimum Gasteiger partial charge on any atom is -0.295 e. The number of aromatic amines is 1. The van der Waals surface area contributed by atoms with Crippen LogP contribution in [0, 0.1) is 13.8 Å². The van der Waals surface area contributed by atoms with Gasteiger partial charge < -0.3 is 0 Å². The smallest absolute Gasteiger partial charge is 0.280 e. The number of nitrogens with zero attached hydrogens (tertiary/aromatic N) is 3. The number of para-hydroxylation sites is 1. The Labute approximate surface area is 148 Å². The molecule has 0 aliphatic carbocycles. The summed E-state index contributed by atoms with van der Waals surface area (Å²) in [6.07, 6.45) is 1.60. The van der Waals surface area contributed by atoms with Crippen molar-refractivity contribution >= 4 is 32.9 Å². The SMILES string of the molecule is Cc1ccc2nc(/N=C/c3c(C)[nH]n(-c4ccccc4)c3=O)sc2c1. The number of hydrogen-bond donors (Lipinski definition) is 1. The lowest BCUT2D eigenvalue weighted by atomic mass is 10.2. The summed E-state index contributed by atoms with van der Waals surface area (Å²) in [6.45, 7) is 3.92. The second-order valence-electron chi connectivity index (χ2n) is 5.85. The Kier molecular flexibility index (Phi) is 3.82. The van der Waals surface area contributed by atoms with Gasteiger partial charge in [0.15, 0.2) is 0 Å². The monoisotopic (exact) mass is 348 g/mol. The van der Waals surface area contributed by atoms with Crippen molar-refractivity contribution in [1.29, 1.82) is 0 Å². The zero-order valence-corrected chi connectivity index (χ0v) is 14.7. The van der Waals surface area contributed by atoms with Crippen LogP contribution in [0.3, 0.4) is 0 Å². The van der Waals surface area contributed by atoms with Gasteiger partial charge in [-0.25, -0.2) is 14.7 Å². The predicted octanol–water partition coefficient (Wildman–Crippen LogP) is 4.14. The molecule has 0 bridgehead atoms. The molecule has 2 aromatic carbocycles. The summed E-state index contributed by atoms with van der Waals surface area (Å²) in [5.41, 5.74) is 4.11. The van der Waals surface area contributed by atoms with Gasteiger partial charge in [0.25, 0.3) is 5.56 Å². The first-order chi connectivity index (χ1) is 12.1. The third-order valence-corrected chi connectivity index (χ3v) is 4.89. The average molecular weight is 348 g/mol. The van der Waals surface area contributed by atoms with Crippen LogP contribution in [0.1, 0.15) is 16.8 Å². The van der Waals surface area contributed by atoms with Gasteiger partial charge in [-0.1, -0.05) is 35.6 Å². The number of benzene rings is 2. The van der Waals surface area contributed by atoms with Crippen molar-refractivity contribution < 1.29 is 0 Å². The van der Waals surface area contributed by atoms with Gasteiger partial charge in [-0.05, 0) is 43.7 Å². The summed E-state index contributed by atoms with van der Waals surface area (Å²) in [4.78, 5) is 21.6. The molecule has 5 nitrogen and oxygen atoms in total. The molecule has 0 amide bonds. The Hall–Kier alpha value is -2.99. The van der Waals surface area contributed by atoms with E-state index in [0.717, 1.165) is 21.6 Å². The summed E-state index contributed by atoms with van der Waals surface area (Å²) in [5, 5.41) is 3.74. The molecular formula is C19H16N4OS. The number of aromatic nitrogens is 3. The third-order valence-electron chi connectivity index (χ3n) is 3.97. The van der Waals surface area contributed by atoms with Crippen LogP contribution < -0.4 is 5.56 Å². The standard InChI is InChI=1S/C19H16N4OS/c1-12-8-9-16-17(10-12)25-19(21-16)20-11-15-13(2)22-23(18(15)24)14-6-4-3-5-7-14/h3-11,22H,1-2H3/b20-11+. The molecule has 124 valence electrons.